The summed E-state index contributed by atoms with van der Waals surface area (Å²) >= 11 is 0. The van der Waals surface area contributed by atoms with Crippen molar-refractivity contribution in [3.8, 4) is 0 Å². The van der Waals surface area contributed by atoms with Crippen LogP contribution in [0.2, 0.25) is 0 Å². The number of carbonyl (C=O) groups excluding carboxylic acids is 1. The molecule has 3 nitrogen and oxygen atoms in total. The number of amides is 1. The number of aliphatic hydroxyl groups excluding tert-OH is 1. The molecule has 1 amide bonds. The Kier molecular flexibility index (Phi) is 3.54. The fourth-order valence-corrected chi connectivity index (χ4v) is 1.18. The lowest BCUT2D eigenvalue weighted by Gasteiger charge is -2.08. The van der Waals surface area contributed by atoms with Crippen LogP contribution in [0.15, 0.2) is 35.3 Å². The number of benzene rings is 1. The lowest BCUT2D eigenvalue weighted by atomic mass is 10.1. The van der Waals surface area contributed by atoms with E-state index in [1.807, 2.05) is 30.3 Å². The highest BCUT2D eigenvalue weighted by Gasteiger charge is 2.09. The zero-order valence-electron chi connectivity index (χ0n) is 8.27. The molecular weight excluding hydrogens is 178 g/mol. The van der Waals surface area contributed by atoms with E-state index < -0.39 is 6.10 Å². The normalized spacial score (nSPS) is 13.8. The Morgan fingerprint density at radius 2 is 1.93 bits per heavy atom. The largest absolute Gasteiger partial charge is 0.387 e. The van der Waals surface area contributed by atoms with Crippen molar-refractivity contribution in [1.29, 1.82) is 0 Å². The molecule has 1 unspecified atom stereocenters. The van der Waals surface area contributed by atoms with E-state index in [1.165, 1.54) is 6.92 Å². The van der Waals surface area contributed by atoms with Gasteiger partial charge in [-0.2, -0.15) is 0 Å². The van der Waals surface area contributed by atoms with Crippen molar-refractivity contribution in [3.05, 3.63) is 35.9 Å². The molecule has 0 aromatic heterocycles. The van der Waals surface area contributed by atoms with Crippen LogP contribution in [-0.4, -0.2) is 22.8 Å². The van der Waals surface area contributed by atoms with Crippen LogP contribution in [0.3, 0.4) is 0 Å². The van der Waals surface area contributed by atoms with Gasteiger partial charge in [0, 0.05) is 6.92 Å². The number of carbonyl (C=O) groups is 1. The van der Waals surface area contributed by atoms with E-state index >= 15 is 0 Å². The van der Waals surface area contributed by atoms with Gasteiger partial charge in [0.1, 0.15) is 0 Å². The van der Waals surface area contributed by atoms with Crippen LogP contribution in [0.25, 0.3) is 0 Å². The highest BCUT2D eigenvalue weighted by atomic mass is 16.3. The summed E-state index contributed by atoms with van der Waals surface area (Å²) in [6.45, 7) is 2.96. The van der Waals surface area contributed by atoms with Crippen molar-refractivity contribution in [2.45, 2.75) is 20.0 Å². The molecule has 0 saturated heterocycles. The van der Waals surface area contributed by atoms with Crippen LogP contribution in [0.4, 0.5) is 0 Å². The molecule has 1 rings (SSSR count). The van der Waals surface area contributed by atoms with Crippen molar-refractivity contribution < 1.29 is 9.90 Å². The topological polar surface area (TPSA) is 49.7 Å². The summed E-state index contributed by atoms with van der Waals surface area (Å²) in [5, 5.41) is 9.43. The highest BCUT2D eigenvalue weighted by molar-refractivity contribution is 6.08. The Balaban J connectivity index is 3.08. The van der Waals surface area contributed by atoms with E-state index in [2.05, 4.69) is 4.99 Å². The van der Waals surface area contributed by atoms with Gasteiger partial charge in [-0.05, 0) is 12.5 Å². The van der Waals surface area contributed by atoms with Gasteiger partial charge in [-0.1, -0.05) is 30.3 Å². The van der Waals surface area contributed by atoms with Crippen LogP contribution in [-0.2, 0) is 4.79 Å². The molecule has 1 atom stereocenters. The lowest BCUT2D eigenvalue weighted by molar-refractivity contribution is -0.115. The summed E-state index contributed by atoms with van der Waals surface area (Å²) in [5.74, 6) is -0.301. The van der Waals surface area contributed by atoms with Crippen molar-refractivity contribution in [3.63, 3.8) is 0 Å². The quantitative estimate of drug-likeness (QED) is 0.718. The van der Waals surface area contributed by atoms with Gasteiger partial charge in [-0.25, -0.2) is 4.99 Å². The molecule has 0 radical (unpaired) electrons. The third-order valence-electron chi connectivity index (χ3n) is 1.74. The monoisotopic (exact) mass is 191 g/mol. The summed E-state index contributed by atoms with van der Waals surface area (Å²) < 4.78 is 0. The maximum atomic E-state index is 10.8. The summed E-state index contributed by atoms with van der Waals surface area (Å²) in [6, 6.07) is 9.18. The maximum absolute atomic E-state index is 10.8. The summed E-state index contributed by atoms with van der Waals surface area (Å²) in [5.41, 5.74) is 1.19. The first-order valence-electron chi connectivity index (χ1n) is 4.44. The Hall–Kier alpha value is -1.48. The van der Waals surface area contributed by atoms with Gasteiger partial charge in [0.2, 0.25) is 5.91 Å². The summed E-state index contributed by atoms with van der Waals surface area (Å²) in [4.78, 5) is 14.6. The van der Waals surface area contributed by atoms with Crippen molar-refractivity contribution in [1.82, 2.24) is 0 Å². The molecule has 1 aromatic carbocycles. The summed E-state index contributed by atoms with van der Waals surface area (Å²) in [7, 11) is 0. The van der Waals surface area contributed by atoms with Crippen molar-refractivity contribution >= 4 is 11.6 Å². The number of aliphatic hydroxyl groups is 1. The molecule has 1 aromatic rings. The van der Waals surface area contributed by atoms with E-state index in [9.17, 15) is 9.90 Å². The molecule has 0 heterocycles. The minimum Gasteiger partial charge on any atom is -0.387 e. The van der Waals surface area contributed by atoms with Gasteiger partial charge in [0.05, 0.1) is 11.8 Å². The van der Waals surface area contributed by atoms with Crippen LogP contribution >= 0.6 is 0 Å². The van der Waals surface area contributed by atoms with E-state index in [0.29, 0.717) is 5.71 Å². The third kappa shape index (κ3) is 2.78. The standard InChI is InChI=1S/C11H13NO2/c1-8(13)11(12-9(2)14)10-6-4-3-5-7-10/h3-8,13H,1-2H3/b12-11+. The highest BCUT2D eigenvalue weighted by Crippen LogP contribution is 2.05. The predicted molar refractivity (Wildman–Crippen MR) is 55.3 cm³/mol. The molecule has 0 aliphatic carbocycles. The van der Waals surface area contributed by atoms with Gasteiger partial charge in [-0.3, -0.25) is 4.79 Å². The predicted octanol–water partition coefficient (Wildman–Crippen LogP) is 1.40. The molecule has 0 fully saturated rings. The van der Waals surface area contributed by atoms with E-state index in [1.54, 1.807) is 6.92 Å². The van der Waals surface area contributed by atoms with Crippen molar-refractivity contribution in [2.24, 2.45) is 4.99 Å². The SMILES string of the molecule is CC(=O)/N=C(/c1ccccc1)C(C)O. The first-order valence-corrected chi connectivity index (χ1v) is 4.44. The zero-order chi connectivity index (χ0) is 10.6. The first kappa shape index (κ1) is 10.6. The second kappa shape index (κ2) is 4.67. The number of rotatable bonds is 2. The molecule has 0 aliphatic rings. The van der Waals surface area contributed by atoms with Crippen LogP contribution in [0, 0.1) is 0 Å². The number of aliphatic imine (C=N–C) groups is 1. The molecule has 0 aliphatic heterocycles. The lowest BCUT2D eigenvalue weighted by Crippen LogP contribution is -2.18. The van der Waals surface area contributed by atoms with E-state index in [-0.39, 0.29) is 5.91 Å². The molecule has 0 saturated carbocycles. The Bertz CT molecular complexity index is 342. The van der Waals surface area contributed by atoms with Crippen LogP contribution in [0.5, 0.6) is 0 Å². The van der Waals surface area contributed by atoms with Gasteiger partial charge >= 0.3 is 0 Å². The Morgan fingerprint density at radius 3 is 2.36 bits per heavy atom. The minimum atomic E-state index is -0.735. The molecule has 1 N–H and O–H groups in total. The van der Waals surface area contributed by atoms with Crippen LogP contribution in [0.1, 0.15) is 19.4 Å². The number of hydrogen-bond acceptors (Lipinski definition) is 2. The number of nitrogens with zero attached hydrogens (tertiary/aromatic N) is 1. The Labute approximate surface area is 83.1 Å². The van der Waals surface area contributed by atoms with Crippen molar-refractivity contribution in [2.75, 3.05) is 0 Å². The molecule has 14 heavy (non-hydrogen) atoms. The van der Waals surface area contributed by atoms with E-state index in [4.69, 9.17) is 0 Å². The second-order valence-electron chi connectivity index (χ2n) is 3.06. The van der Waals surface area contributed by atoms with Crippen LogP contribution < -0.4 is 0 Å². The average molecular weight is 191 g/mol. The average Bonchev–Trinajstić information content (AvgIpc) is 2.15. The van der Waals surface area contributed by atoms with E-state index in [0.717, 1.165) is 5.56 Å². The minimum absolute atomic E-state index is 0.301. The molecule has 74 valence electrons. The van der Waals surface area contributed by atoms with Gasteiger partial charge in [-0.15, -0.1) is 0 Å². The molecule has 0 spiro atoms. The fraction of sp³-hybridized carbons (Fsp3) is 0.273. The zero-order valence-corrected chi connectivity index (χ0v) is 8.27. The molecule has 0 bridgehead atoms. The molecular formula is C11H13NO2. The first-order chi connectivity index (χ1) is 6.61. The number of hydrogen-bond donors (Lipinski definition) is 1. The second-order valence-corrected chi connectivity index (χ2v) is 3.06. The maximum Gasteiger partial charge on any atom is 0.242 e. The van der Waals surface area contributed by atoms with Gasteiger partial charge in [0.25, 0.3) is 0 Å². The van der Waals surface area contributed by atoms with Gasteiger partial charge in [0.15, 0.2) is 0 Å². The smallest absolute Gasteiger partial charge is 0.242 e. The van der Waals surface area contributed by atoms with Gasteiger partial charge < -0.3 is 5.11 Å². The third-order valence-corrected chi connectivity index (χ3v) is 1.74. The summed E-state index contributed by atoms with van der Waals surface area (Å²) in [6.07, 6.45) is -0.735. The fourth-order valence-electron chi connectivity index (χ4n) is 1.18. The molecule has 3 heteroatoms. The Morgan fingerprint density at radius 1 is 1.36 bits per heavy atom.